The molecule has 4 N–H and O–H groups in total. The Hall–Kier alpha value is 0.372. The Kier molecular flexibility index (Phi) is 44.9. The summed E-state index contributed by atoms with van der Waals surface area (Å²) in [5.41, 5.74) is 0. The predicted molar refractivity (Wildman–Crippen MR) is 87.7 cm³/mol. The Morgan fingerprint density at radius 3 is 0.476 bits per heavy atom. The summed E-state index contributed by atoms with van der Waals surface area (Å²) in [5, 5.41) is 32.6. The maximum Gasteiger partial charge on any atom is 0.0453 e. The van der Waals surface area contributed by atoms with E-state index in [1.807, 2.05) is 55.4 Å². The van der Waals surface area contributed by atoms with Crippen molar-refractivity contribution in [1.82, 2.24) is 0 Å². The summed E-state index contributed by atoms with van der Waals surface area (Å²) in [6.07, 6.45) is 0. The number of rotatable bonds is 4. The van der Waals surface area contributed by atoms with Crippen LogP contribution < -0.4 is 0 Å². The molecule has 0 spiro atoms. The smallest absolute Gasteiger partial charge is 0.0453 e. The van der Waals surface area contributed by atoms with E-state index >= 15 is 0 Å². The van der Waals surface area contributed by atoms with E-state index in [2.05, 4.69) is 0 Å². The van der Waals surface area contributed by atoms with Crippen molar-refractivity contribution in [3.05, 3.63) is 0 Å². The van der Waals surface area contributed by atoms with E-state index in [-0.39, 0.29) is 17.4 Å². The topological polar surface area (TPSA) is 80.9 Å². The van der Waals surface area contributed by atoms with E-state index in [0.29, 0.717) is 50.1 Å². The van der Waals surface area contributed by atoms with Crippen LogP contribution in [-0.4, -0.2) is 46.9 Å². The van der Waals surface area contributed by atoms with Crippen molar-refractivity contribution in [1.29, 1.82) is 0 Å². The van der Waals surface area contributed by atoms with Gasteiger partial charge in [-0.05, 0) is 23.7 Å². The zero-order valence-electron chi connectivity index (χ0n) is 15.3. The molecule has 0 saturated heterocycles. The molecule has 0 fully saturated rings. The van der Waals surface area contributed by atoms with Gasteiger partial charge in [-0.2, -0.15) is 0 Å². The molecule has 0 rings (SSSR count). The van der Waals surface area contributed by atoms with Crippen molar-refractivity contribution in [3.8, 4) is 0 Å². The normalized spacial score (nSPS) is 9.14. The Morgan fingerprint density at radius 2 is 0.476 bits per heavy atom. The van der Waals surface area contributed by atoms with Crippen molar-refractivity contribution in [2.24, 2.45) is 23.7 Å². The van der Waals surface area contributed by atoms with Gasteiger partial charge in [0.05, 0.1) is 0 Å². The SMILES string of the molecule is CC(C)CO.CC(C)CO.CC(C)CO.CC(C)CO.[Cr]. The summed E-state index contributed by atoms with van der Waals surface area (Å²) in [7, 11) is 0. The van der Waals surface area contributed by atoms with Crippen molar-refractivity contribution < 1.29 is 37.8 Å². The van der Waals surface area contributed by atoms with Crippen molar-refractivity contribution in [2.75, 3.05) is 26.4 Å². The van der Waals surface area contributed by atoms with Gasteiger partial charge in [-0.1, -0.05) is 55.4 Å². The fraction of sp³-hybridized carbons (Fsp3) is 1.00. The number of aliphatic hydroxyl groups excluding tert-OH is 4. The number of aliphatic hydroxyl groups is 4. The molecule has 0 aliphatic heterocycles. The largest absolute Gasteiger partial charge is 0.396 e. The molecule has 0 aromatic carbocycles. The van der Waals surface area contributed by atoms with Gasteiger partial charge in [-0.25, -0.2) is 0 Å². The van der Waals surface area contributed by atoms with E-state index in [4.69, 9.17) is 20.4 Å². The fourth-order valence-electron chi connectivity index (χ4n) is 0. The first-order chi connectivity index (χ1) is 9.08. The molecule has 0 heterocycles. The predicted octanol–water partition coefficient (Wildman–Crippen LogP) is 2.54. The van der Waals surface area contributed by atoms with Crippen molar-refractivity contribution in [2.45, 2.75) is 55.4 Å². The van der Waals surface area contributed by atoms with E-state index < -0.39 is 0 Å². The van der Waals surface area contributed by atoms with Gasteiger partial charge >= 0.3 is 0 Å². The van der Waals surface area contributed by atoms with E-state index in [1.54, 1.807) is 0 Å². The molecule has 4 nitrogen and oxygen atoms in total. The fourth-order valence-corrected chi connectivity index (χ4v) is 0. The summed E-state index contributed by atoms with van der Waals surface area (Å²) in [6.45, 7) is 17.0. The Balaban J connectivity index is -0.0000000533. The van der Waals surface area contributed by atoms with Gasteiger partial charge in [0.25, 0.3) is 0 Å². The van der Waals surface area contributed by atoms with Crippen LogP contribution in [0, 0.1) is 23.7 Å². The monoisotopic (exact) mass is 348 g/mol. The van der Waals surface area contributed by atoms with Crippen LogP contribution in [0.15, 0.2) is 0 Å². The third-order valence-electron chi connectivity index (χ3n) is 1.46. The summed E-state index contributed by atoms with van der Waals surface area (Å²) < 4.78 is 0. The van der Waals surface area contributed by atoms with Gasteiger partial charge in [0, 0.05) is 43.8 Å². The third-order valence-corrected chi connectivity index (χ3v) is 1.46. The van der Waals surface area contributed by atoms with Crippen LogP contribution in [-0.2, 0) is 17.4 Å². The minimum Gasteiger partial charge on any atom is -0.396 e. The average molecular weight is 348 g/mol. The molecule has 0 bridgehead atoms. The zero-order chi connectivity index (χ0) is 17.1. The Bertz CT molecular complexity index is 108. The molecule has 0 aliphatic rings. The number of hydrogen-bond donors (Lipinski definition) is 4. The van der Waals surface area contributed by atoms with Crippen molar-refractivity contribution in [3.63, 3.8) is 0 Å². The van der Waals surface area contributed by atoms with E-state index in [9.17, 15) is 0 Å². The van der Waals surface area contributed by atoms with Gasteiger partial charge in [0.2, 0.25) is 0 Å². The number of hydrogen-bond acceptors (Lipinski definition) is 4. The molecule has 0 atom stereocenters. The van der Waals surface area contributed by atoms with Crippen LogP contribution in [0.5, 0.6) is 0 Å². The first-order valence-corrected chi connectivity index (χ1v) is 7.52. The molecule has 134 valence electrons. The Morgan fingerprint density at radius 1 is 0.429 bits per heavy atom. The molecule has 0 unspecified atom stereocenters. The van der Waals surface area contributed by atoms with Gasteiger partial charge in [0.1, 0.15) is 0 Å². The third kappa shape index (κ3) is 98.1. The van der Waals surface area contributed by atoms with Gasteiger partial charge in [-0.3, -0.25) is 0 Å². The van der Waals surface area contributed by atoms with E-state index in [1.165, 1.54) is 0 Å². The van der Waals surface area contributed by atoms with Crippen LogP contribution in [0.25, 0.3) is 0 Å². The molecule has 0 aromatic rings. The second kappa shape index (κ2) is 28.5. The second-order valence-electron chi connectivity index (χ2n) is 6.31. The molecular formula is C16H40CrO4. The zero-order valence-corrected chi connectivity index (χ0v) is 16.6. The van der Waals surface area contributed by atoms with E-state index in [0.717, 1.165) is 0 Å². The molecular weight excluding hydrogens is 308 g/mol. The molecule has 0 saturated carbocycles. The van der Waals surface area contributed by atoms with Gasteiger partial charge in [0.15, 0.2) is 0 Å². The summed E-state index contributed by atoms with van der Waals surface area (Å²) in [6, 6.07) is 0. The summed E-state index contributed by atoms with van der Waals surface area (Å²) in [5.74, 6) is 1.76. The molecule has 5 heteroatoms. The average Bonchev–Trinajstić information content (AvgIpc) is 2.40. The van der Waals surface area contributed by atoms with Crippen molar-refractivity contribution >= 4 is 0 Å². The first kappa shape index (κ1) is 33.1. The van der Waals surface area contributed by atoms with Gasteiger partial charge in [-0.15, -0.1) is 0 Å². The summed E-state index contributed by atoms with van der Waals surface area (Å²) >= 11 is 0. The van der Waals surface area contributed by atoms with Gasteiger partial charge < -0.3 is 20.4 Å². The molecule has 0 radical (unpaired) electrons. The standard InChI is InChI=1S/4C4H10O.Cr/c4*1-4(2)3-5;/h4*4-5H,3H2,1-2H3;. The maximum atomic E-state index is 8.14. The molecule has 0 aromatic heterocycles. The maximum absolute atomic E-state index is 8.14. The summed E-state index contributed by atoms with van der Waals surface area (Å²) in [4.78, 5) is 0. The van der Waals surface area contributed by atoms with Crippen LogP contribution in [0.1, 0.15) is 55.4 Å². The van der Waals surface area contributed by atoms with Crippen LogP contribution >= 0.6 is 0 Å². The minimum atomic E-state index is 0. The van der Waals surface area contributed by atoms with Crippen LogP contribution in [0.4, 0.5) is 0 Å². The molecule has 0 amide bonds. The molecule has 21 heavy (non-hydrogen) atoms. The first-order valence-electron chi connectivity index (χ1n) is 7.52. The second-order valence-corrected chi connectivity index (χ2v) is 6.31. The van der Waals surface area contributed by atoms with Crippen LogP contribution in [0.2, 0.25) is 0 Å². The Labute approximate surface area is 143 Å². The van der Waals surface area contributed by atoms with Crippen LogP contribution in [0.3, 0.4) is 0 Å². The quantitative estimate of drug-likeness (QED) is 0.629. The minimum absolute atomic E-state index is 0. The molecule has 0 aliphatic carbocycles.